The molecule has 72 valence electrons. The van der Waals surface area contributed by atoms with Crippen LogP contribution >= 0.6 is 0 Å². The van der Waals surface area contributed by atoms with Crippen LogP contribution in [-0.4, -0.2) is 22.6 Å². The van der Waals surface area contributed by atoms with Crippen LogP contribution in [0.25, 0.3) is 0 Å². The van der Waals surface area contributed by atoms with Gasteiger partial charge in [0.05, 0.1) is 6.54 Å². The number of aromatic nitrogens is 1. The fourth-order valence-corrected chi connectivity index (χ4v) is 0.959. The van der Waals surface area contributed by atoms with Crippen molar-refractivity contribution in [1.82, 2.24) is 10.3 Å². The first-order valence-corrected chi connectivity index (χ1v) is 4.00. The Kier molecular flexibility index (Phi) is 3.58. The van der Waals surface area contributed by atoms with Crippen molar-refractivity contribution in [3.8, 4) is 6.07 Å². The molecular weight excluding hydrogens is 182 g/mol. The van der Waals surface area contributed by atoms with Crippen LogP contribution in [0.15, 0.2) is 18.3 Å². The average Bonchev–Trinajstić information content (AvgIpc) is 2.18. The van der Waals surface area contributed by atoms with Gasteiger partial charge in [-0.2, -0.15) is 5.26 Å². The molecule has 1 heterocycles. The lowest BCUT2D eigenvalue weighted by Gasteiger charge is -2.01. The van der Waals surface area contributed by atoms with Crippen LogP contribution in [0.2, 0.25) is 0 Å². The molecule has 5 nitrogen and oxygen atoms in total. The van der Waals surface area contributed by atoms with Crippen LogP contribution in [0.1, 0.15) is 11.3 Å². The van der Waals surface area contributed by atoms with E-state index < -0.39 is 5.97 Å². The van der Waals surface area contributed by atoms with Gasteiger partial charge in [0, 0.05) is 12.7 Å². The monoisotopic (exact) mass is 191 g/mol. The molecule has 0 aliphatic carbocycles. The normalized spacial score (nSPS) is 9.36. The molecule has 0 fully saturated rings. The highest BCUT2D eigenvalue weighted by atomic mass is 16.4. The summed E-state index contributed by atoms with van der Waals surface area (Å²) < 4.78 is 0. The van der Waals surface area contributed by atoms with Crippen LogP contribution in [0.4, 0.5) is 0 Å². The molecule has 14 heavy (non-hydrogen) atoms. The summed E-state index contributed by atoms with van der Waals surface area (Å²) in [5.74, 6) is -0.903. The SMILES string of the molecule is N#Cc1cc(CNCC(=O)O)ccn1. The minimum absolute atomic E-state index is 0.0930. The molecular formula is C9H9N3O2. The lowest BCUT2D eigenvalue weighted by atomic mass is 10.2. The summed E-state index contributed by atoms with van der Waals surface area (Å²) in [4.78, 5) is 14.0. The molecule has 0 unspecified atom stereocenters. The van der Waals surface area contributed by atoms with Crippen molar-refractivity contribution in [3.05, 3.63) is 29.6 Å². The van der Waals surface area contributed by atoms with E-state index in [1.807, 2.05) is 6.07 Å². The molecule has 0 aliphatic rings. The van der Waals surface area contributed by atoms with Gasteiger partial charge in [-0.1, -0.05) is 0 Å². The van der Waals surface area contributed by atoms with Gasteiger partial charge in [0.1, 0.15) is 11.8 Å². The van der Waals surface area contributed by atoms with E-state index in [-0.39, 0.29) is 6.54 Å². The highest BCUT2D eigenvalue weighted by molar-refractivity contribution is 5.68. The largest absolute Gasteiger partial charge is 0.480 e. The minimum Gasteiger partial charge on any atom is -0.480 e. The molecule has 0 aliphatic heterocycles. The highest BCUT2D eigenvalue weighted by Crippen LogP contribution is 1.99. The Morgan fingerprint density at radius 3 is 3.14 bits per heavy atom. The second-order valence-electron chi connectivity index (χ2n) is 2.66. The summed E-state index contributed by atoms with van der Waals surface area (Å²) in [6.45, 7) is 0.327. The number of carbonyl (C=O) groups is 1. The van der Waals surface area contributed by atoms with Gasteiger partial charge in [-0.15, -0.1) is 0 Å². The molecule has 0 atom stereocenters. The van der Waals surface area contributed by atoms with Crippen molar-refractivity contribution in [3.63, 3.8) is 0 Å². The zero-order valence-electron chi connectivity index (χ0n) is 7.40. The predicted octanol–water partition coefficient (Wildman–Crippen LogP) is 0.127. The Balaban J connectivity index is 2.51. The number of carboxylic acids is 1. The zero-order chi connectivity index (χ0) is 10.4. The van der Waals surface area contributed by atoms with Crippen molar-refractivity contribution < 1.29 is 9.90 Å². The number of hydrogen-bond donors (Lipinski definition) is 2. The van der Waals surface area contributed by atoms with Gasteiger partial charge in [0.25, 0.3) is 0 Å². The summed E-state index contributed by atoms with van der Waals surface area (Å²) >= 11 is 0. The van der Waals surface area contributed by atoms with Gasteiger partial charge in [0.15, 0.2) is 0 Å². The summed E-state index contributed by atoms with van der Waals surface area (Å²) in [7, 11) is 0. The maximum absolute atomic E-state index is 10.2. The van der Waals surface area contributed by atoms with Crippen molar-refractivity contribution in [2.24, 2.45) is 0 Å². The van der Waals surface area contributed by atoms with Crippen LogP contribution in [-0.2, 0) is 11.3 Å². The quantitative estimate of drug-likeness (QED) is 0.706. The Morgan fingerprint density at radius 2 is 2.50 bits per heavy atom. The van der Waals surface area contributed by atoms with Gasteiger partial charge in [-0.05, 0) is 17.7 Å². The summed E-state index contributed by atoms with van der Waals surface area (Å²) in [5, 5.41) is 19.6. The molecule has 1 rings (SSSR count). The van der Waals surface area contributed by atoms with Gasteiger partial charge in [0.2, 0.25) is 0 Å². The second-order valence-corrected chi connectivity index (χ2v) is 2.66. The van der Waals surface area contributed by atoms with E-state index in [9.17, 15) is 4.79 Å². The Morgan fingerprint density at radius 1 is 1.71 bits per heavy atom. The standard InChI is InChI=1S/C9H9N3O2/c10-4-8-3-7(1-2-12-8)5-11-6-9(13)14/h1-3,11H,5-6H2,(H,13,14). The molecule has 1 aromatic rings. The van der Waals surface area contributed by atoms with Crippen molar-refractivity contribution in [2.45, 2.75) is 6.54 Å². The highest BCUT2D eigenvalue weighted by Gasteiger charge is 1.98. The molecule has 0 radical (unpaired) electrons. The molecule has 0 amide bonds. The van der Waals surface area contributed by atoms with Gasteiger partial charge in [-0.25, -0.2) is 4.98 Å². The number of nitrogens with zero attached hydrogens (tertiary/aromatic N) is 2. The number of nitrogens with one attached hydrogen (secondary N) is 1. The second kappa shape index (κ2) is 4.94. The predicted molar refractivity (Wildman–Crippen MR) is 48.3 cm³/mol. The molecule has 0 spiro atoms. The number of carboxylic acid groups (broad SMARTS) is 1. The fraction of sp³-hybridized carbons (Fsp3) is 0.222. The van der Waals surface area contributed by atoms with Crippen molar-refractivity contribution in [1.29, 1.82) is 5.26 Å². The summed E-state index contributed by atoms with van der Waals surface area (Å²) in [6.07, 6.45) is 1.52. The van der Waals surface area contributed by atoms with Gasteiger partial charge < -0.3 is 10.4 Å². The fourth-order valence-electron chi connectivity index (χ4n) is 0.959. The summed E-state index contributed by atoms with van der Waals surface area (Å²) in [5.41, 5.74) is 1.18. The van der Waals surface area contributed by atoms with Gasteiger partial charge >= 0.3 is 5.97 Å². The molecule has 0 saturated heterocycles. The number of hydrogen-bond acceptors (Lipinski definition) is 4. The van der Waals surface area contributed by atoms with Crippen molar-refractivity contribution in [2.75, 3.05) is 6.54 Å². The third-order valence-corrected chi connectivity index (χ3v) is 1.54. The topological polar surface area (TPSA) is 86.0 Å². The third-order valence-electron chi connectivity index (χ3n) is 1.54. The zero-order valence-corrected chi connectivity index (χ0v) is 7.40. The van der Waals surface area contributed by atoms with Crippen LogP contribution in [0.3, 0.4) is 0 Å². The molecule has 2 N–H and O–H groups in total. The number of rotatable bonds is 4. The summed E-state index contributed by atoms with van der Waals surface area (Å²) in [6, 6.07) is 5.26. The average molecular weight is 191 g/mol. The molecule has 0 bridgehead atoms. The first-order valence-electron chi connectivity index (χ1n) is 4.00. The Labute approximate surface area is 81.0 Å². The minimum atomic E-state index is -0.903. The van der Waals surface area contributed by atoms with Gasteiger partial charge in [-0.3, -0.25) is 4.79 Å². The lowest BCUT2D eigenvalue weighted by molar-refractivity contribution is -0.135. The maximum Gasteiger partial charge on any atom is 0.317 e. The van der Waals surface area contributed by atoms with Crippen LogP contribution in [0, 0.1) is 11.3 Å². The number of pyridine rings is 1. The first kappa shape index (κ1) is 10.2. The van der Waals surface area contributed by atoms with Crippen LogP contribution in [0.5, 0.6) is 0 Å². The molecule has 1 aromatic heterocycles. The van der Waals surface area contributed by atoms with Crippen LogP contribution < -0.4 is 5.32 Å². The number of aliphatic carboxylic acids is 1. The Hall–Kier alpha value is -1.93. The van der Waals surface area contributed by atoms with Crippen molar-refractivity contribution >= 4 is 5.97 Å². The number of nitriles is 1. The van der Waals surface area contributed by atoms with E-state index in [1.54, 1.807) is 12.1 Å². The molecule has 5 heteroatoms. The smallest absolute Gasteiger partial charge is 0.317 e. The molecule has 0 aromatic carbocycles. The maximum atomic E-state index is 10.2. The lowest BCUT2D eigenvalue weighted by Crippen LogP contribution is -2.21. The van der Waals surface area contributed by atoms with E-state index in [0.717, 1.165) is 5.56 Å². The van der Waals surface area contributed by atoms with E-state index in [4.69, 9.17) is 10.4 Å². The molecule has 0 saturated carbocycles. The van der Waals surface area contributed by atoms with E-state index in [2.05, 4.69) is 10.3 Å². The van der Waals surface area contributed by atoms with E-state index >= 15 is 0 Å². The third kappa shape index (κ3) is 3.21. The van der Waals surface area contributed by atoms with E-state index in [0.29, 0.717) is 12.2 Å². The van der Waals surface area contributed by atoms with E-state index in [1.165, 1.54) is 6.20 Å². The Bertz CT molecular complexity index is 371. The first-order chi connectivity index (χ1) is 6.72.